The number of aliphatic imine (C=N–C) groups is 1. The molecule has 5 aromatic carbocycles. The topological polar surface area (TPSA) is 333 Å². The van der Waals surface area contributed by atoms with Gasteiger partial charge in [0, 0.05) is 86.9 Å². The first-order valence-corrected chi connectivity index (χ1v) is 46.1. The average Bonchev–Trinajstić information content (AvgIpc) is 1.60. The molecule has 0 radical (unpaired) electrons. The largest absolute Gasteiger partial charge is 0.497 e. The van der Waals surface area contributed by atoms with Gasteiger partial charge in [0.05, 0.1) is 80.3 Å². The number of carbonyl (C=O) groups is 2. The summed E-state index contributed by atoms with van der Waals surface area (Å²) >= 11 is 41.3. The van der Waals surface area contributed by atoms with Crippen LogP contribution >= 0.6 is 81.2 Å². The molecule has 3 fully saturated rings. The second-order valence-corrected chi connectivity index (χ2v) is 38.5. The molecule has 8 aromatic heterocycles. The number of hydrogen-bond acceptors (Lipinski definition) is 24. The maximum absolute atomic E-state index is 13.0. The fourth-order valence-electron chi connectivity index (χ4n) is 18.7. The maximum Gasteiger partial charge on any atom is 0.408 e. The van der Waals surface area contributed by atoms with Crippen LogP contribution in [-0.4, -0.2) is 147 Å². The minimum Gasteiger partial charge on any atom is -0.497 e. The quantitative estimate of drug-likeness (QED) is 0.0735. The summed E-state index contributed by atoms with van der Waals surface area (Å²) in [5.41, 5.74) is 18.1. The third kappa shape index (κ3) is 19.9. The normalized spacial score (nSPS) is 17.6. The lowest BCUT2D eigenvalue weighted by molar-refractivity contribution is 0.0418. The van der Waals surface area contributed by atoms with Gasteiger partial charge in [-0.1, -0.05) is 178 Å². The summed E-state index contributed by atoms with van der Waals surface area (Å²) in [6.45, 7) is 17.4. The Morgan fingerprint density at radius 3 is 1.42 bits per heavy atom. The number of nitrogens with one attached hydrogen (secondary N) is 3. The molecule has 12 heterocycles. The van der Waals surface area contributed by atoms with E-state index in [4.69, 9.17) is 140 Å². The monoisotopic (exact) mass is 1920 g/mol. The van der Waals surface area contributed by atoms with Gasteiger partial charge < -0.3 is 59.5 Å². The number of aromatic nitrogens is 13. The maximum atomic E-state index is 13.0. The van der Waals surface area contributed by atoms with Gasteiger partial charge in [-0.2, -0.15) is 0 Å². The van der Waals surface area contributed by atoms with Crippen molar-refractivity contribution in [2.75, 3.05) is 68.2 Å². The van der Waals surface area contributed by atoms with E-state index in [1.165, 1.54) is 46.4 Å². The Balaban J connectivity index is 0.000000134. The summed E-state index contributed by atoms with van der Waals surface area (Å²) in [7, 11) is 3.27. The molecule has 3 saturated heterocycles. The number of fused-ring (bicyclic) bond motifs is 6. The minimum absolute atomic E-state index is 0.101. The third-order valence-electron chi connectivity index (χ3n) is 25.3. The van der Waals surface area contributed by atoms with Crippen molar-refractivity contribution in [3.05, 3.63) is 279 Å². The van der Waals surface area contributed by atoms with E-state index < -0.39 is 17.3 Å². The smallest absolute Gasteiger partial charge is 0.408 e. The predicted molar refractivity (Wildman–Crippen MR) is 512 cm³/mol. The highest BCUT2D eigenvalue weighted by atomic mass is 35.5. The summed E-state index contributed by atoms with van der Waals surface area (Å²) in [6.07, 6.45) is 17.4. The van der Waals surface area contributed by atoms with Crippen LogP contribution in [0.1, 0.15) is 154 Å². The number of ether oxygens (including phenoxy) is 6. The zero-order chi connectivity index (χ0) is 92.5. The molecule has 4 aliphatic heterocycles. The van der Waals surface area contributed by atoms with Crippen LogP contribution in [0, 0.1) is 16.2 Å². The summed E-state index contributed by atoms with van der Waals surface area (Å²) < 4.78 is 37.4. The number of pyridine rings is 3. The number of benzene rings is 5. The Hall–Kier alpha value is -11.7. The van der Waals surface area contributed by atoms with E-state index in [1.54, 1.807) is 60.4 Å². The number of alkyl carbamates (subject to hydrolysis) is 2. The Labute approximate surface area is 797 Å². The molecule has 0 saturated carbocycles. The van der Waals surface area contributed by atoms with Crippen molar-refractivity contribution < 1.29 is 38.0 Å². The Kier molecular flexibility index (Phi) is 26.9. The van der Waals surface area contributed by atoms with Gasteiger partial charge in [0.25, 0.3) is 11.4 Å². The summed E-state index contributed by atoms with van der Waals surface area (Å²) in [4.78, 5) is 90.1. The van der Waals surface area contributed by atoms with Crippen LogP contribution < -0.4 is 55.6 Å². The van der Waals surface area contributed by atoms with Crippen molar-refractivity contribution in [1.29, 1.82) is 0 Å². The number of carbonyl (C=O) groups excluding carboxylic acids is 2. The molecule has 3 spiro atoms. The molecule has 0 bridgehead atoms. The molecule has 132 heavy (non-hydrogen) atoms. The summed E-state index contributed by atoms with van der Waals surface area (Å²) in [6, 6.07) is 45.5. The first kappa shape index (κ1) is 92.2. The second-order valence-electron chi connectivity index (χ2n) is 35.9. The predicted octanol–water partition coefficient (Wildman–Crippen LogP) is 19.8. The van der Waals surface area contributed by atoms with Crippen LogP contribution in [0.15, 0.2) is 186 Å². The van der Waals surface area contributed by atoms with Gasteiger partial charge in [0.1, 0.15) is 61.0 Å². The molecule has 5 N–H and O–H groups in total. The van der Waals surface area contributed by atoms with Crippen LogP contribution in [0.5, 0.6) is 28.9 Å². The summed E-state index contributed by atoms with van der Waals surface area (Å²) in [5.74, 6) is 5.24. The lowest BCUT2D eigenvalue weighted by Crippen LogP contribution is -2.48. The molecular formula is C96H97Cl7N20O9. The standard InChI is InChI=1S/C36H37Cl2N7O4.C31H36N6O4.C24H22Cl2N6O.C5H2Cl3N/c1-35(2,3)49-34(46)42-30-25-8-6-5-7-23(25)19-36(30)14-17-44(18-15-36)27-20-40-29-32(41-27)45(21-22-9-11-24(47-4)12-10-22)43-33(29)48-26-13-16-39-31(38)28(26)37;1-30(2,3)41-29(39)34-26-23-8-6-5-7-21(23)17-31(26)13-15-36(16-14-31)24-18-32-25-27(33-24)37(35-28(25)38)19-20-9-11-22(40-4)12-10-20;25-19-17(5-8-28-22(19)26)33-23-20-16(12-30-23)31-18(13-29-20)32-9-6-24(7-10-32)11-14-3-1-2-4-15(14)21(24)27;6-3-1-2-9-5(8)4(3)7/h5-13,16,20,30H,14-15,17-19,21H2,1-4H3,(H,42,46);5-12,18,26H,13-17,19H2,1-4H3,(H,34,39)(H,35,38);1-5,8,13,21H,6-7,9-12,27H2;1-2H/t30-;26-;21-;/m111./s1. The van der Waals surface area contributed by atoms with Gasteiger partial charge in [-0.05, 0) is 180 Å². The van der Waals surface area contributed by atoms with Crippen molar-refractivity contribution in [1.82, 2.24) is 75.1 Å². The lowest BCUT2D eigenvalue weighted by atomic mass is 9.72. The van der Waals surface area contributed by atoms with E-state index in [2.05, 4.69) is 121 Å². The van der Waals surface area contributed by atoms with Crippen LogP contribution in [0.25, 0.3) is 22.3 Å². The molecule has 684 valence electrons. The van der Waals surface area contributed by atoms with Crippen molar-refractivity contribution in [3.63, 3.8) is 0 Å². The van der Waals surface area contributed by atoms with Gasteiger partial charge in [0.2, 0.25) is 5.90 Å². The van der Waals surface area contributed by atoms with E-state index in [0.717, 1.165) is 148 Å². The second kappa shape index (κ2) is 38.5. The van der Waals surface area contributed by atoms with Crippen LogP contribution in [0.4, 0.5) is 27.0 Å². The first-order chi connectivity index (χ1) is 63.4. The zero-order valence-electron chi connectivity index (χ0n) is 73.8. The van der Waals surface area contributed by atoms with Crippen molar-refractivity contribution in [2.24, 2.45) is 27.0 Å². The highest BCUT2D eigenvalue weighted by Gasteiger charge is 2.52. The number of aromatic amines is 1. The van der Waals surface area contributed by atoms with Gasteiger partial charge in [-0.15, -0.1) is 5.10 Å². The van der Waals surface area contributed by atoms with Crippen LogP contribution in [0.2, 0.25) is 35.5 Å². The molecule has 7 aliphatic rings. The number of piperidine rings is 3. The molecule has 2 amide bonds. The average molecular weight is 1920 g/mol. The molecule has 3 aliphatic carbocycles. The number of methoxy groups -OCH3 is 2. The Morgan fingerprint density at radius 2 is 0.924 bits per heavy atom. The van der Waals surface area contributed by atoms with E-state index in [1.807, 2.05) is 102 Å². The first-order valence-electron chi connectivity index (χ1n) is 43.4. The van der Waals surface area contributed by atoms with Crippen LogP contribution in [-0.2, 0) is 48.4 Å². The molecule has 13 aromatic rings. The number of nitrogens with zero attached hydrogens (tertiary/aromatic N) is 16. The van der Waals surface area contributed by atoms with Crippen LogP contribution in [0.3, 0.4) is 0 Å². The molecule has 20 rings (SSSR count). The number of nitrogens with two attached hydrogens (primary N) is 1. The Morgan fingerprint density at radius 1 is 0.492 bits per heavy atom. The van der Waals surface area contributed by atoms with E-state index in [9.17, 15) is 14.4 Å². The highest BCUT2D eigenvalue weighted by molar-refractivity contribution is 6.47. The Bertz CT molecular complexity index is 6530. The molecule has 3 atom stereocenters. The van der Waals surface area contributed by atoms with Gasteiger partial charge in [-0.3, -0.25) is 14.6 Å². The number of amides is 2. The zero-order valence-corrected chi connectivity index (χ0v) is 79.0. The molecule has 29 nitrogen and oxygen atoms in total. The number of halogens is 7. The fraction of sp³-hybridized carbons (Fsp3) is 0.354. The van der Waals surface area contributed by atoms with Gasteiger partial charge >= 0.3 is 12.2 Å². The number of anilines is 3. The van der Waals surface area contributed by atoms with Gasteiger partial charge in [-0.25, -0.2) is 64.1 Å². The summed E-state index contributed by atoms with van der Waals surface area (Å²) in [5, 5.41) is 15.8. The molecular weight excluding hydrogens is 1830 g/mol. The highest BCUT2D eigenvalue weighted by Crippen LogP contribution is 2.56. The SMILES string of the molecule is COc1ccc(Cn2[nH]c(=O)c3ncc(N4CCC5(CC4)Cc4ccccc4[C@H]5NC(=O)OC(C)(C)C)nc32)cc1.COc1ccc(Cn2nc(Oc3ccnc(Cl)c3Cl)c3ncc(N4CCC5(CC4)Cc4ccccc4[C@H]5NC(=O)OC(C)(C)C)nc32)cc1.Clc1ccnc(Cl)c1Cl.N[C@@H]1c2ccccc2CC12CCN(c1cnc3c(n1)CN=C3Oc1ccnc(Cl)c1Cl)CC2. The van der Waals surface area contributed by atoms with E-state index in [-0.39, 0.29) is 77.4 Å². The van der Waals surface area contributed by atoms with Crippen molar-refractivity contribution in [3.8, 4) is 28.9 Å². The van der Waals surface area contributed by atoms with E-state index in [0.29, 0.717) is 75.1 Å². The molecule has 36 heteroatoms. The number of H-pyrrole nitrogens is 1. The molecule has 0 unspecified atom stereocenters. The lowest BCUT2D eigenvalue weighted by Gasteiger charge is -2.43. The fourth-order valence-corrected chi connectivity index (χ4v) is 19.7. The van der Waals surface area contributed by atoms with Gasteiger partial charge in [0.15, 0.2) is 44.1 Å². The minimum atomic E-state index is -0.585. The number of hydrogen-bond donors (Lipinski definition) is 4. The van der Waals surface area contributed by atoms with E-state index >= 15 is 0 Å². The number of rotatable bonds is 14. The van der Waals surface area contributed by atoms with Crippen molar-refractivity contribution in [2.45, 2.75) is 148 Å². The third-order valence-corrected chi connectivity index (χ3v) is 28.0. The van der Waals surface area contributed by atoms with Crippen molar-refractivity contribution >= 4 is 139 Å².